The summed E-state index contributed by atoms with van der Waals surface area (Å²) in [7, 11) is 0. The first kappa shape index (κ1) is 14.8. The molecule has 7 heteroatoms. The van der Waals surface area contributed by atoms with Crippen LogP contribution >= 0.6 is 0 Å². The minimum Gasteiger partial charge on any atom is -0.350 e. The van der Waals surface area contributed by atoms with E-state index in [1.807, 2.05) is 0 Å². The number of hydrogen-bond acceptors (Lipinski definition) is 5. The van der Waals surface area contributed by atoms with E-state index in [9.17, 15) is 9.59 Å². The van der Waals surface area contributed by atoms with Gasteiger partial charge in [0, 0.05) is 42.8 Å². The third-order valence-electron chi connectivity index (χ3n) is 3.39. The molecule has 0 bridgehead atoms. The number of rotatable bonds is 4. The number of amides is 1. The van der Waals surface area contributed by atoms with Crippen molar-refractivity contribution in [2.45, 2.75) is 13.5 Å². The zero-order valence-corrected chi connectivity index (χ0v) is 12.6. The highest BCUT2D eigenvalue weighted by Crippen LogP contribution is 2.10. The monoisotopic (exact) mass is 309 g/mol. The van der Waals surface area contributed by atoms with Crippen LogP contribution in [0, 0.1) is 6.92 Å². The van der Waals surface area contributed by atoms with Crippen molar-refractivity contribution in [2.24, 2.45) is 0 Å². The van der Waals surface area contributed by atoms with Gasteiger partial charge in [0.15, 0.2) is 0 Å². The molecule has 0 aliphatic rings. The van der Waals surface area contributed by atoms with Crippen LogP contribution in [0.15, 0.2) is 47.8 Å². The molecule has 0 unspecified atom stereocenters. The fourth-order valence-electron chi connectivity index (χ4n) is 2.18. The maximum atomic E-state index is 12.2. The van der Waals surface area contributed by atoms with E-state index in [1.165, 1.54) is 17.0 Å². The zero-order valence-electron chi connectivity index (χ0n) is 12.6. The topological polar surface area (TPSA) is 89.8 Å². The third kappa shape index (κ3) is 3.39. The van der Waals surface area contributed by atoms with Gasteiger partial charge in [-0.25, -0.2) is 4.98 Å². The number of aryl methyl sites for hydroxylation is 1. The van der Waals surface area contributed by atoms with Gasteiger partial charge in [-0.3, -0.25) is 24.1 Å². The normalized spacial score (nSPS) is 10.7. The van der Waals surface area contributed by atoms with Crippen molar-refractivity contribution in [1.29, 1.82) is 0 Å². The average Bonchev–Trinajstić information content (AvgIpc) is 2.56. The van der Waals surface area contributed by atoms with E-state index in [2.05, 4.69) is 20.3 Å². The minimum atomic E-state index is -0.217. The Labute approximate surface area is 132 Å². The van der Waals surface area contributed by atoms with E-state index < -0.39 is 0 Å². The van der Waals surface area contributed by atoms with Gasteiger partial charge >= 0.3 is 0 Å². The molecule has 0 fully saturated rings. The van der Waals surface area contributed by atoms with Crippen molar-refractivity contribution >= 4 is 16.9 Å². The molecular weight excluding hydrogens is 294 g/mol. The molecule has 0 atom stereocenters. The van der Waals surface area contributed by atoms with Gasteiger partial charge in [-0.1, -0.05) is 0 Å². The third-order valence-corrected chi connectivity index (χ3v) is 3.39. The van der Waals surface area contributed by atoms with Gasteiger partial charge in [-0.2, -0.15) is 0 Å². The number of benzene rings is 1. The van der Waals surface area contributed by atoms with Crippen molar-refractivity contribution in [3.05, 3.63) is 64.6 Å². The first-order chi connectivity index (χ1) is 11.1. The van der Waals surface area contributed by atoms with Crippen LogP contribution in [0.2, 0.25) is 0 Å². The average molecular weight is 309 g/mol. The molecule has 0 aliphatic heterocycles. The van der Waals surface area contributed by atoms with Crippen LogP contribution in [0.4, 0.5) is 0 Å². The minimum absolute atomic E-state index is 0.132. The summed E-state index contributed by atoms with van der Waals surface area (Å²) in [5.74, 6) is -0.217. The fraction of sp³-hybridized carbons (Fsp3) is 0.188. The van der Waals surface area contributed by atoms with E-state index in [0.717, 1.165) is 5.52 Å². The van der Waals surface area contributed by atoms with Gasteiger partial charge in [0.05, 0.1) is 17.4 Å². The first-order valence-electron chi connectivity index (χ1n) is 7.15. The lowest BCUT2D eigenvalue weighted by Crippen LogP contribution is -2.30. The molecule has 7 nitrogen and oxygen atoms in total. The lowest BCUT2D eigenvalue weighted by Gasteiger charge is -2.08. The van der Waals surface area contributed by atoms with Gasteiger partial charge in [-0.15, -0.1) is 0 Å². The van der Waals surface area contributed by atoms with E-state index in [-0.39, 0.29) is 11.5 Å². The Morgan fingerprint density at radius 3 is 2.70 bits per heavy atom. The molecule has 0 radical (unpaired) electrons. The van der Waals surface area contributed by atoms with Crippen molar-refractivity contribution in [1.82, 2.24) is 24.8 Å². The molecule has 116 valence electrons. The summed E-state index contributed by atoms with van der Waals surface area (Å²) < 4.78 is 1.46. The Morgan fingerprint density at radius 1 is 1.13 bits per heavy atom. The van der Waals surface area contributed by atoms with Gasteiger partial charge in [0.25, 0.3) is 11.5 Å². The number of nitrogens with one attached hydrogen (secondary N) is 1. The highest BCUT2D eigenvalue weighted by atomic mass is 16.1. The van der Waals surface area contributed by atoms with Crippen LogP contribution in [-0.4, -0.2) is 32.0 Å². The Kier molecular flexibility index (Phi) is 4.09. The number of carbonyl (C=O) groups excluding carboxylic acids is 1. The highest BCUT2D eigenvalue weighted by molar-refractivity contribution is 5.97. The summed E-state index contributed by atoms with van der Waals surface area (Å²) in [4.78, 5) is 36.3. The summed E-state index contributed by atoms with van der Waals surface area (Å²) in [5.41, 5.74) is 2.45. The van der Waals surface area contributed by atoms with Gasteiger partial charge in [0.1, 0.15) is 0 Å². The van der Waals surface area contributed by atoms with Crippen molar-refractivity contribution in [3.8, 4) is 0 Å². The molecule has 0 saturated carbocycles. The van der Waals surface area contributed by atoms with Crippen molar-refractivity contribution in [3.63, 3.8) is 0 Å². The lowest BCUT2D eigenvalue weighted by molar-refractivity contribution is 0.0952. The number of nitrogens with zero attached hydrogens (tertiary/aromatic N) is 4. The van der Waals surface area contributed by atoms with Crippen LogP contribution in [0.3, 0.4) is 0 Å². The summed E-state index contributed by atoms with van der Waals surface area (Å²) in [6, 6.07) is 6.61. The van der Waals surface area contributed by atoms with E-state index in [1.54, 1.807) is 37.5 Å². The quantitative estimate of drug-likeness (QED) is 0.774. The van der Waals surface area contributed by atoms with Gasteiger partial charge < -0.3 is 5.32 Å². The molecule has 2 aromatic heterocycles. The molecular formula is C16H15N5O2. The summed E-state index contributed by atoms with van der Waals surface area (Å²) in [6.07, 6.45) is 4.67. The maximum absolute atomic E-state index is 12.2. The predicted molar refractivity (Wildman–Crippen MR) is 85.1 cm³/mol. The van der Waals surface area contributed by atoms with E-state index in [4.69, 9.17) is 0 Å². The van der Waals surface area contributed by atoms with E-state index in [0.29, 0.717) is 29.9 Å². The largest absolute Gasteiger partial charge is 0.350 e. The number of hydrogen-bond donors (Lipinski definition) is 1. The molecule has 3 aromatic rings. The van der Waals surface area contributed by atoms with Gasteiger partial charge in [0.2, 0.25) is 0 Å². The van der Waals surface area contributed by atoms with Crippen LogP contribution in [0.5, 0.6) is 0 Å². The van der Waals surface area contributed by atoms with E-state index >= 15 is 0 Å². The SMILES string of the molecule is Cc1cc(=O)n(CCNC(=O)c2ccc3nccnc3c2)cn1. The lowest BCUT2D eigenvalue weighted by atomic mass is 10.2. The second kappa shape index (κ2) is 6.35. The van der Waals surface area contributed by atoms with Crippen molar-refractivity contribution in [2.75, 3.05) is 6.54 Å². The standard InChI is InChI=1S/C16H15N5O2/c1-11-8-15(22)21(10-20-11)7-6-19-16(23)12-2-3-13-14(9-12)18-5-4-17-13/h2-5,8-10H,6-7H2,1H3,(H,19,23). The Balaban J connectivity index is 1.65. The van der Waals surface area contributed by atoms with Crippen molar-refractivity contribution < 1.29 is 4.79 Å². The molecule has 1 aromatic carbocycles. The van der Waals surface area contributed by atoms with Crippen LogP contribution in [-0.2, 0) is 6.54 Å². The Bertz CT molecular complexity index is 919. The second-order valence-corrected chi connectivity index (χ2v) is 5.08. The summed E-state index contributed by atoms with van der Waals surface area (Å²) in [5, 5.41) is 2.78. The molecule has 0 aliphatic carbocycles. The van der Waals surface area contributed by atoms with Crippen LogP contribution < -0.4 is 10.9 Å². The fourth-order valence-corrected chi connectivity index (χ4v) is 2.18. The molecule has 3 rings (SSSR count). The number of aromatic nitrogens is 4. The number of fused-ring (bicyclic) bond motifs is 1. The zero-order chi connectivity index (χ0) is 16.2. The summed E-state index contributed by atoms with van der Waals surface area (Å²) >= 11 is 0. The molecule has 2 heterocycles. The summed E-state index contributed by atoms with van der Waals surface area (Å²) in [6.45, 7) is 2.46. The highest BCUT2D eigenvalue weighted by Gasteiger charge is 2.07. The molecule has 23 heavy (non-hydrogen) atoms. The van der Waals surface area contributed by atoms with Gasteiger partial charge in [-0.05, 0) is 25.1 Å². The predicted octanol–water partition coefficient (Wildman–Crippen LogP) is 0.925. The Morgan fingerprint density at radius 2 is 1.91 bits per heavy atom. The molecule has 1 N–H and O–H groups in total. The second-order valence-electron chi connectivity index (χ2n) is 5.08. The smallest absolute Gasteiger partial charge is 0.253 e. The number of carbonyl (C=O) groups is 1. The Hall–Kier alpha value is -3.09. The first-order valence-corrected chi connectivity index (χ1v) is 7.15. The maximum Gasteiger partial charge on any atom is 0.253 e. The molecule has 1 amide bonds. The van der Waals surface area contributed by atoms with Crippen LogP contribution in [0.1, 0.15) is 16.1 Å². The van der Waals surface area contributed by atoms with Crippen LogP contribution in [0.25, 0.3) is 11.0 Å². The molecule has 0 saturated heterocycles. The molecule has 0 spiro atoms.